The van der Waals surface area contributed by atoms with Gasteiger partial charge in [-0.2, -0.15) is 0 Å². The van der Waals surface area contributed by atoms with Crippen LogP contribution in [-0.2, 0) is 65.4 Å². The minimum absolute atomic E-state index is 0.107. The van der Waals surface area contributed by atoms with E-state index in [1.807, 2.05) is 0 Å². The highest BCUT2D eigenvalue weighted by Gasteiger charge is 2.30. The van der Waals surface area contributed by atoms with Gasteiger partial charge in [0.1, 0.15) is 19.3 Å². The summed E-state index contributed by atoms with van der Waals surface area (Å²) in [5.41, 5.74) is 0. The van der Waals surface area contributed by atoms with Gasteiger partial charge in [0.15, 0.2) is 12.2 Å². The second-order valence-corrected chi connectivity index (χ2v) is 33.6. The molecule has 0 saturated heterocycles. The van der Waals surface area contributed by atoms with Crippen molar-refractivity contribution < 1.29 is 80.2 Å². The summed E-state index contributed by atoms with van der Waals surface area (Å²) in [6.45, 7) is 12.0. The van der Waals surface area contributed by atoms with Crippen LogP contribution in [0.4, 0.5) is 0 Å². The molecule has 0 aromatic rings. The van der Waals surface area contributed by atoms with E-state index < -0.39 is 97.5 Å². The number of phosphoric acid groups is 2. The maximum Gasteiger partial charge on any atom is 0.472 e. The molecular weight excluding hydrogens is 1320 g/mol. The number of aliphatic hydroxyl groups excluding tert-OH is 1. The number of phosphoric ester groups is 2. The summed E-state index contributed by atoms with van der Waals surface area (Å²) >= 11 is 0. The van der Waals surface area contributed by atoms with Gasteiger partial charge in [0.25, 0.3) is 0 Å². The normalized spacial score (nSPS) is 14.2. The predicted octanol–water partition coefficient (Wildman–Crippen LogP) is 24.5. The molecule has 0 spiro atoms. The third-order valence-electron chi connectivity index (χ3n) is 19.5. The largest absolute Gasteiger partial charge is 0.472 e. The standard InChI is InChI=1S/C82H160O17P2/c1-8-10-11-12-13-14-15-16-24-29-35-44-51-58-65-81(86)99-78(70-93-80(85)64-57-50-43-38-37-40-47-54-61-74(5)6)72-97-101(90,91)95-68-76(83)67-94-100(88,89)96-71-77(69-92-79(84)63-56-49-42-34-31-26-27-32-39-46-53-60-73(3)4)98-82(87)66-59-52-45-36-30-25-22-20-18-17-19-21-23-28-33-41-48-55-62-75(7)9-2/h73-78,83H,8-72H2,1-7H3,(H,88,89)(H,90,91)/t75?,76-,77-,78-/m1/s1. The fraction of sp³-hybridized carbons (Fsp3) is 0.951. The van der Waals surface area contributed by atoms with E-state index in [9.17, 15) is 43.2 Å². The van der Waals surface area contributed by atoms with E-state index in [-0.39, 0.29) is 25.7 Å². The van der Waals surface area contributed by atoms with Crippen molar-refractivity contribution in [2.45, 2.75) is 446 Å². The number of hydrogen-bond acceptors (Lipinski definition) is 15. The molecule has 600 valence electrons. The maximum atomic E-state index is 13.1. The zero-order chi connectivity index (χ0) is 74.4. The quantitative estimate of drug-likeness (QED) is 0.0222. The monoisotopic (exact) mass is 1480 g/mol. The summed E-state index contributed by atoms with van der Waals surface area (Å²) in [6.07, 6.45) is 61.0. The third-order valence-corrected chi connectivity index (χ3v) is 21.4. The minimum Gasteiger partial charge on any atom is -0.462 e. The summed E-state index contributed by atoms with van der Waals surface area (Å²) in [7, 11) is -9.92. The number of rotatable bonds is 80. The highest BCUT2D eigenvalue weighted by molar-refractivity contribution is 7.47. The van der Waals surface area contributed by atoms with Crippen LogP contribution in [0.25, 0.3) is 0 Å². The van der Waals surface area contributed by atoms with Gasteiger partial charge >= 0.3 is 39.5 Å². The fourth-order valence-electron chi connectivity index (χ4n) is 12.6. The zero-order valence-corrected chi connectivity index (χ0v) is 68.2. The lowest BCUT2D eigenvalue weighted by Gasteiger charge is -2.21. The highest BCUT2D eigenvalue weighted by atomic mass is 31.2. The van der Waals surface area contributed by atoms with Crippen molar-refractivity contribution in [1.29, 1.82) is 0 Å². The lowest BCUT2D eigenvalue weighted by atomic mass is 9.99. The smallest absolute Gasteiger partial charge is 0.462 e. The molecule has 0 rings (SSSR count). The molecule has 0 fully saturated rings. The number of unbranched alkanes of at least 4 members (excludes halogenated alkanes) is 47. The van der Waals surface area contributed by atoms with E-state index in [2.05, 4.69) is 48.5 Å². The van der Waals surface area contributed by atoms with Gasteiger partial charge in [-0.1, -0.05) is 376 Å². The van der Waals surface area contributed by atoms with Crippen LogP contribution < -0.4 is 0 Å². The van der Waals surface area contributed by atoms with E-state index in [4.69, 9.17) is 37.0 Å². The van der Waals surface area contributed by atoms with E-state index >= 15 is 0 Å². The van der Waals surface area contributed by atoms with Crippen molar-refractivity contribution in [1.82, 2.24) is 0 Å². The molecule has 3 N–H and O–H groups in total. The summed E-state index contributed by atoms with van der Waals surface area (Å²) in [4.78, 5) is 73.0. The molecule has 6 atom stereocenters. The summed E-state index contributed by atoms with van der Waals surface area (Å²) in [5, 5.41) is 10.6. The molecule has 0 radical (unpaired) electrons. The minimum atomic E-state index is -4.96. The van der Waals surface area contributed by atoms with Crippen LogP contribution in [0.5, 0.6) is 0 Å². The van der Waals surface area contributed by atoms with Gasteiger partial charge < -0.3 is 33.8 Å². The topological polar surface area (TPSA) is 237 Å². The molecule has 0 aliphatic carbocycles. The van der Waals surface area contributed by atoms with Crippen molar-refractivity contribution in [2.75, 3.05) is 39.6 Å². The van der Waals surface area contributed by atoms with Gasteiger partial charge in [-0.05, 0) is 43.4 Å². The Kier molecular flexibility index (Phi) is 70.9. The molecule has 0 aromatic carbocycles. The number of carbonyl (C=O) groups excluding carboxylic acids is 4. The highest BCUT2D eigenvalue weighted by Crippen LogP contribution is 2.45. The molecule has 101 heavy (non-hydrogen) atoms. The third kappa shape index (κ3) is 74.7. The second kappa shape index (κ2) is 72.3. The van der Waals surface area contributed by atoms with Crippen molar-refractivity contribution >= 4 is 39.5 Å². The van der Waals surface area contributed by atoms with Crippen LogP contribution in [0.1, 0.15) is 427 Å². The van der Waals surface area contributed by atoms with Crippen LogP contribution in [-0.4, -0.2) is 96.7 Å². The van der Waals surface area contributed by atoms with E-state index in [0.717, 1.165) is 108 Å². The molecule has 0 bridgehead atoms. The Bertz CT molecular complexity index is 1960. The number of esters is 4. The first-order valence-electron chi connectivity index (χ1n) is 42.4. The van der Waals surface area contributed by atoms with Gasteiger partial charge in [-0.3, -0.25) is 37.3 Å². The maximum absolute atomic E-state index is 13.1. The zero-order valence-electron chi connectivity index (χ0n) is 66.4. The summed E-state index contributed by atoms with van der Waals surface area (Å²) < 4.78 is 68.7. The molecule has 0 heterocycles. The molecular formula is C82H160O17P2. The van der Waals surface area contributed by atoms with Crippen LogP contribution in [0.2, 0.25) is 0 Å². The Morgan fingerprint density at radius 2 is 0.505 bits per heavy atom. The Morgan fingerprint density at radius 1 is 0.287 bits per heavy atom. The van der Waals surface area contributed by atoms with Gasteiger partial charge in [0, 0.05) is 25.7 Å². The lowest BCUT2D eigenvalue weighted by Crippen LogP contribution is -2.30. The Balaban J connectivity index is 5.22. The van der Waals surface area contributed by atoms with Gasteiger partial charge in [-0.25, -0.2) is 9.13 Å². The lowest BCUT2D eigenvalue weighted by molar-refractivity contribution is -0.161. The average Bonchev–Trinajstić information content (AvgIpc) is 0.918. The fourth-order valence-corrected chi connectivity index (χ4v) is 14.2. The van der Waals surface area contributed by atoms with Crippen molar-refractivity contribution in [2.24, 2.45) is 17.8 Å². The van der Waals surface area contributed by atoms with Crippen LogP contribution >= 0.6 is 15.6 Å². The van der Waals surface area contributed by atoms with Gasteiger partial charge in [0.2, 0.25) is 0 Å². The first kappa shape index (κ1) is 99.1. The van der Waals surface area contributed by atoms with Crippen molar-refractivity contribution in [3.63, 3.8) is 0 Å². The molecule has 0 amide bonds. The number of aliphatic hydroxyl groups is 1. The van der Waals surface area contributed by atoms with Crippen LogP contribution in [0.3, 0.4) is 0 Å². The van der Waals surface area contributed by atoms with Crippen LogP contribution in [0, 0.1) is 17.8 Å². The Morgan fingerprint density at radius 3 is 0.752 bits per heavy atom. The second-order valence-electron chi connectivity index (χ2n) is 30.7. The molecule has 0 aliphatic rings. The number of ether oxygens (including phenoxy) is 4. The molecule has 0 aliphatic heterocycles. The molecule has 19 heteroatoms. The van der Waals surface area contributed by atoms with E-state index in [0.29, 0.717) is 25.7 Å². The predicted molar refractivity (Wildman–Crippen MR) is 414 cm³/mol. The van der Waals surface area contributed by atoms with Gasteiger partial charge in [0.05, 0.1) is 26.4 Å². The number of carbonyl (C=O) groups is 4. The average molecular weight is 1480 g/mol. The first-order chi connectivity index (χ1) is 48.8. The summed E-state index contributed by atoms with van der Waals surface area (Å²) in [6, 6.07) is 0. The van der Waals surface area contributed by atoms with Crippen molar-refractivity contribution in [3.05, 3.63) is 0 Å². The molecule has 0 aromatic heterocycles. The van der Waals surface area contributed by atoms with Crippen LogP contribution in [0.15, 0.2) is 0 Å². The SMILES string of the molecule is CCCCCCCCCCCCCCCCC(=O)O[C@H](COC(=O)CCCCCCCCCCC(C)C)COP(=O)(O)OC[C@H](O)COP(=O)(O)OC[C@@H](COC(=O)CCCCCCCCCCCCCC(C)C)OC(=O)CCCCCCCCCCCCCCCCCCCCC(C)CC. The van der Waals surface area contributed by atoms with Crippen molar-refractivity contribution in [3.8, 4) is 0 Å². The van der Waals surface area contributed by atoms with E-state index in [1.165, 1.54) is 238 Å². The molecule has 17 nitrogen and oxygen atoms in total. The Hall–Kier alpha value is -1.94. The first-order valence-corrected chi connectivity index (χ1v) is 45.4. The Labute approximate surface area is 619 Å². The van der Waals surface area contributed by atoms with Gasteiger partial charge in [-0.15, -0.1) is 0 Å². The number of hydrogen-bond donors (Lipinski definition) is 3. The summed E-state index contributed by atoms with van der Waals surface area (Å²) in [5.74, 6) is 0.259. The molecule has 0 saturated carbocycles. The van der Waals surface area contributed by atoms with E-state index in [1.54, 1.807) is 0 Å². The molecule has 3 unspecified atom stereocenters.